The highest BCUT2D eigenvalue weighted by molar-refractivity contribution is 7.79. The first-order chi connectivity index (χ1) is 14.2. The van der Waals surface area contributed by atoms with E-state index >= 15 is 0 Å². The van der Waals surface area contributed by atoms with Crippen molar-refractivity contribution >= 4 is 41.5 Å². The molecule has 29 heavy (non-hydrogen) atoms. The zero-order valence-corrected chi connectivity index (χ0v) is 17.1. The molecule has 0 atom stereocenters. The fourth-order valence-corrected chi connectivity index (χ4v) is 5.20. The Morgan fingerprint density at radius 3 is 2.00 bits per heavy atom. The Morgan fingerprint density at radius 2 is 1.41 bits per heavy atom. The number of hydrogen-bond acceptors (Lipinski definition) is 3. The number of ether oxygens (including phenoxy) is 1. The van der Waals surface area contributed by atoms with Gasteiger partial charge in [0, 0.05) is 5.69 Å². The highest BCUT2D eigenvalue weighted by Crippen LogP contribution is 2.33. The summed E-state index contributed by atoms with van der Waals surface area (Å²) in [5, 5.41) is 8.89. The molecule has 0 aliphatic rings. The Balaban J connectivity index is 1.80. The van der Waals surface area contributed by atoms with Crippen molar-refractivity contribution in [3.05, 3.63) is 84.9 Å². The molecule has 0 aliphatic heterocycles. The third kappa shape index (κ3) is 5.90. The molecule has 5 nitrogen and oxygen atoms in total. The molecule has 6 heteroatoms. The number of nitrogens with one attached hydrogen (secondary N) is 2. The molecule has 0 heterocycles. The van der Waals surface area contributed by atoms with E-state index in [0.717, 1.165) is 5.30 Å². The number of amides is 2. The quantitative estimate of drug-likeness (QED) is 0.468. The fourth-order valence-electron chi connectivity index (χ4n) is 2.86. The van der Waals surface area contributed by atoms with Gasteiger partial charge >= 0.3 is 12.0 Å². The average Bonchev–Trinajstić information content (AvgIpc) is 2.75. The summed E-state index contributed by atoms with van der Waals surface area (Å²) in [6.45, 7) is 1.84. The van der Waals surface area contributed by atoms with Crippen LogP contribution in [0, 0.1) is 0 Å². The normalized spacial score (nSPS) is 10.4. The molecule has 0 aliphatic carbocycles. The molecule has 0 unspecified atom stereocenters. The van der Waals surface area contributed by atoms with Gasteiger partial charge in [0.15, 0.2) is 0 Å². The minimum absolute atomic E-state index is 0.167. The Labute approximate surface area is 171 Å². The van der Waals surface area contributed by atoms with Crippen LogP contribution in [0.5, 0.6) is 0 Å². The van der Waals surface area contributed by atoms with Gasteiger partial charge in [0.1, 0.15) is 6.54 Å². The summed E-state index contributed by atoms with van der Waals surface area (Å²) in [7, 11) is -0.756. The average molecular weight is 406 g/mol. The summed E-state index contributed by atoms with van der Waals surface area (Å²) in [5.74, 6) is -0.465. The van der Waals surface area contributed by atoms with Crippen LogP contribution in [0.3, 0.4) is 0 Å². The monoisotopic (exact) mass is 406 g/mol. The minimum Gasteiger partial charge on any atom is -0.465 e. The van der Waals surface area contributed by atoms with Crippen LogP contribution in [0.25, 0.3) is 0 Å². The third-order valence-electron chi connectivity index (χ3n) is 4.09. The van der Waals surface area contributed by atoms with Crippen LogP contribution in [-0.4, -0.2) is 25.2 Å². The largest absolute Gasteiger partial charge is 0.465 e. The summed E-state index contributed by atoms with van der Waals surface area (Å²) in [6.07, 6.45) is 0. The SMILES string of the molecule is CCOC(=O)CNC(=O)Nc1cccc(P(c2ccccc2)c2ccccc2)c1. The topological polar surface area (TPSA) is 67.4 Å². The van der Waals surface area contributed by atoms with E-state index in [1.54, 1.807) is 6.92 Å². The molecule has 3 rings (SSSR count). The van der Waals surface area contributed by atoms with Gasteiger partial charge in [-0.2, -0.15) is 0 Å². The maximum atomic E-state index is 12.1. The fraction of sp³-hybridized carbons (Fsp3) is 0.130. The number of anilines is 1. The highest BCUT2D eigenvalue weighted by atomic mass is 31.1. The summed E-state index contributed by atoms with van der Waals surface area (Å²) in [5.41, 5.74) is 0.670. The Morgan fingerprint density at radius 1 is 0.828 bits per heavy atom. The summed E-state index contributed by atoms with van der Waals surface area (Å²) < 4.78 is 4.81. The molecule has 0 radical (unpaired) electrons. The van der Waals surface area contributed by atoms with Crippen molar-refractivity contribution in [3.8, 4) is 0 Å². The van der Waals surface area contributed by atoms with E-state index < -0.39 is 19.9 Å². The van der Waals surface area contributed by atoms with Gasteiger partial charge in [-0.15, -0.1) is 0 Å². The predicted molar refractivity (Wildman–Crippen MR) is 119 cm³/mol. The molecule has 0 spiro atoms. The zero-order chi connectivity index (χ0) is 20.5. The van der Waals surface area contributed by atoms with Gasteiger partial charge in [0.25, 0.3) is 0 Å². The van der Waals surface area contributed by atoms with Gasteiger partial charge in [-0.25, -0.2) is 4.79 Å². The lowest BCUT2D eigenvalue weighted by Crippen LogP contribution is -2.34. The van der Waals surface area contributed by atoms with Crippen molar-refractivity contribution in [3.63, 3.8) is 0 Å². The van der Waals surface area contributed by atoms with E-state index in [0.29, 0.717) is 5.69 Å². The van der Waals surface area contributed by atoms with Crippen LogP contribution in [0.15, 0.2) is 84.9 Å². The third-order valence-corrected chi connectivity index (χ3v) is 6.51. The van der Waals surface area contributed by atoms with E-state index in [2.05, 4.69) is 41.0 Å². The lowest BCUT2D eigenvalue weighted by atomic mass is 10.3. The molecule has 2 amide bonds. The van der Waals surface area contributed by atoms with Gasteiger partial charge < -0.3 is 15.4 Å². The lowest BCUT2D eigenvalue weighted by Gasteiger charge is -2.20. The van der Waals surface area contributed by atoms with Gasteiger partial charge in [0.2, 0.25) is 0 Å². The molecule has 0 saturated heterocycles. The Kier molecular flexibility index (Phi) is 7.37. The summed E-state index contributed by atoms with van der Waals surface area (Å²) >= 11 is 0. The van der Waals surface area contributed by atoms with Crippen molar-refractivity contribution in [2.45, 2.75) is 6.92 Å². The first-order valence-corrected chi connectivity index (χ1v) is 10.7. The number of carbonyl (C=O) groups excluding carboxylic acids is 2. The number of urea groups is 1. The van der Waals surface area contributed by atoms with E-state index in [9.17, 15) is 9.59 Å². The van der Waals surface area contributed by atoms with Crippen LogP contribution in [0.2, 0.25) is 0 Å². The smallest absolute Gasteiger partial charge is 0.325 e. The molecule has 3 aromatic rings. The molecular weight excluding hydrogens is 383 g/mol. The second kappa shape index (κ2) is 10.4. The molecule has 0 bridgehead atoms. The Hall–Kier alpha value is -3.17. The molecule has 2 N–H and O–H groups in total. The van der Waals surface area contributed by atoms with Gasteiger partial charge in [-0.1, -0.05) is 72.8 Å². The molecular formula is C23H23N2O3P. The molecule has 148 valence electrons. The minimum atomic E-state index is -0.756. The number of carbonyl (C=O) groups is 2. The summed E-state index contributed by atoms with van der Waals surface area (Å²) in [4.78, 5) is 23.5. The van der Waals surface area contributed by atoms with Gasteiger partial charge in [-0.3, -0.25) is 4.79 Å². The first kappa shape index (κ1) is 20.6. The van der Waals surface area contributed by atoms with Crippen LogP contribution >= 0.6 is 7.92 Å². The standard InChI is InChI=1S/C23H23N2O3P/c1-2-28-22(26)17-24-23(27)25-18-10-9-15-21(16-18)29(19-11-5-3-6-12-19)20-13-7-4-8-14-20/h3-16H,2,17H2,1H3,(H2,24,25,27). The van der Waals surface area contributed by atoms with Crippen molar-refractivity contribution in [2.24, 2.45) is 0 Å². The van der Waals surface area contributed by atoms with Crippen LogP contribution in [0.1, 0.15) is 6.92 Å². The van der Waals surface area contributed by atoms with Crippen molar-refractivity contribution in [1.29, 1.82) is 0 Å². The maximum absolute atomic E-state index is 12.1. The van der Waals surface area contributed by atoms with Crippen molar-refractivity contribution in [1.82, 2.24) is 5.32 Å². The van der Waals surface area contributed by atoms with Gasteiger partial charge in [0.05, 0.1) is 6.61 Å². The second-order valence-corrected chi connectivity index (χ2v) is 8.39. The van der Waals surface area contributed by atoms with Crippen LogP contribution < -0.4 is 26.5 Å². The van der Waals surface area contributed by atoms with Crippen LogP contribution in [-0.2, 0) is 9.53 Å². The van der Waals surface area contributed by atoms with E-state index in [1.165, 1.54) is 10.6 Å². The van der Waals surface area contributed by atoms with E-state index in [1.807, 2.05) is 54.6 Å². The van der Waals surface area contributed by atoms with E-state index in [-0.39, 0.29) is 13.2 Å². The highest BCUT2D eigenvalue weighted by Gasteiger charge is 2.16. The lowest BCUT2D eigenvalue weighted by molar-refractivity contribution is -0.141. The number of benzene rings is 3. The molecule has 0 aromatic heterocycles. The predicted octanol–water partition coefficient (Wildman–Crippen LogP) is 3.13. The van der Waals surface area contributed by atoms with Crippen molar-refractivity contribution in [2.75, 3.05) is 18.5 Å². The van der Waals surface area contributed by atoms with Crippen LogP contribution in [0.4, 0.5) is 10.5 Å². The molecule has 0 saturated carbocycles. The molecule has 3 aromatic carbocycles. The zero-order valence-electron chi connectivity index (χ0n) is 16.2. The maximum Gasteiger partial charge on any atom is 0.325 e. The number of rotatable bonds is 7. The van der Waals surface area contributed by atoms with Gasteiger partial charge in [-0.05, 0) is 42.9 Å². The number of esters is 1. The second-order valence-electron chi connectivity index (χ2n) is 6.17. The van der Waals surface area contributed by atoms with Crippen molar-refractivity contribution < 1.29 is 14.3 Å². The van der Waals surface area contributed by atoms with E-state index in [4.69, 9.17) is 4.74 Å². The molecule has 0 fully saturated rings. The summed E-state index contributed by atoms with van der Waals surface area (Å²) in [6, 6.07) is 28.1. The Bertz CT molecular complexity index is 909. The first-order valence-electron chi connectivity index (χ1n) is 9.38. The number of hydrogen-bond donors (Lipinski definition) is 2.